The summed E-state index contributed by atoms with van der Waals surface area (Å²) in [6, 6.07) is 5.84. The molecule has 3 heterocycles. The van der Waals surface area contributed by atoms with Gasteiger partial charge < -0.3 is 14.2 Å². The van der Waals surface area contributed by atoms with Crippen molar-refractivity contribution in [3.05, 3.63) is 23.8 Å². The van der Waals surface area contributed by atoms with E-state index in [-0.39, 0.29) is 5.60 Å². The molecule has 128 valence electrons. The Kier molecular flexibility index (Phi) is 3.76. The van der Waals surface area contributed by atoms with Gasteiger partial charge in [0.2, 0.25) is 5.88 Å². The lowest BCUT2D eigenvalue weighted by Gasteiger charge is -2.34. The van der Waals surface area contributed by atoms with Crippen molar-refractivity contribution in [2.24, 2.45) is 0 Å². The quantitative estimate of drug-likeness (QED) is 0.862. The lowest BCUT2D eigenvalue weighted by molar-refractivity contribution is 0.0412. The maximum absolute atomic E-state index is 6.45. The Bertz CT molecular complexity index is 773. The Morgan fingerprint density at radius 2 is 1.88 bits per heavy atom. The Morgan fingerprint density at radius 1 is 1.08 bits per heavy atom. The van der Waals surface area contributed by atoms with Crippen LogP contribution >= 0.6 is 0 Å². The van der Waals surface area contributed by atoms with Crippen molar-refractivity contribution in [1.82, 2.24) is 9.88 Å². The highest BCUT2D eigenvalue weighted by Gasteiger charge is 2.43. The van der Waals surface area contributed by atoms with Crippen molar-refractivity contribution in [3.8, 4) is 17.4 Å². The van der Waals surface area contributed by atoms with Crippen LogP contribution in [0.4, 0.5) is 0 Å². The zero-order valence-electron chi connectivity index (χ0n) is 14.6. The molecule has 2 aromatic rings. The van der Waals surface area contributed by atoms with Crippen LogP contribution in [0.2, 0.25) is 0 Å². The van der Waals surface area contributed by atoms with Crippen LogP contribution < -0.4 is 14.2 Å². The summed E-state index contributed by atoms with van der Waals surface area (Å²) in [5.41, 5.74) is 1.82. The zero-order valence-corrected chi connectivity index (χ0v) is 14.6. The fourth-order valence-corrected chi connectivity index (χ4v) is 4.14. The molecule has 4 rings (SSSR count). The summed E-state index contributed by atoms with van der Waals surface area (Å²) in [6.45, 7) is 5.41. The lowest BCUT2D eigenvalue weighted by atomic mass is 9.94. The van der Waals surface area contributed by atoms with Crippen LogP contribution in [0.15, 0.2) is 18.2 Å². The Balaban J connectivity index is 1.77. The number of rotatable bonds is 4. The molecule has 2 fully saturated rings. The molecule has 0 saturated carbocycles. The van der Waals surface area contributed by atoms with Gasteiger partial charge in [-0.2, -0.15) is 0 Å². The van der Waals surface area contributed by atoms with Crippen molar-refractivity contribution in [2.45, 2.75) is 31.8 Å². The SMILES string of the molecule is COc1ccc(OC)c2c(C)cc(O[C@]34CCCN(CC3)C4)nc12. The maximum atomic E-state index is 6.45. The van der Waals surface area contributed by atoms with Gasteiger partial charge in [0.15, 0.2) is 0 Å². The topological polar surface area (TPSA) is 43.8 Å². The molecule has 1 aromatic heterocycles. The first-order chi connectivity index (χ1) is 11.6. The Labute approximate surface area is 142 Å². The molecule has 2 saturated heterocycles. The van der Waals surface area contributed by atoms with Gasteiger partial charge >= 0.3 is 0 Å². The number of aromatic nitrogens is 1. The summed E-state index contributed by atoms with van der Waals surface area (Å²) in [4.78, 5) is 7.26. The van der Waals surface area contributed by atoms with Crippen molar-refractivity contribution in [2.75, 3.05) is 33.9 Å². The first-order valence-corrected chi connectivity index (χ1v) is 8.58. The first kappa shape index (κ1) is 15.5. The lowest BCUT2D eigenvalue weighted by Crippen LogP contribution is -2.43. The second-order valence-corrected chi connectivity index (χ2v) is 6.89. The van der Waals surface area contributed by atoms with Crippen LogP contribution in [0, 0.1) is 6.92 Å². The third-order valence-corrected chi connectivity index (χ3v) is 5.32. The molecule has 24 heavy (non-hydrogen) atoms. The van der Waals surface area contributed by atoms with Crippen molar-refractivity contribution < 1.29 is 14.2 Å². The van der Waals surface area contributed by atoms with E-state index >= 15 is 0 Å². The van der Waals surface area contributed by atoms with E-state index in [0.717, 1.165) is 53.9 Å². The number of hydrogen-bond acceptors (Lipinski definition) is 5. The maximum Gasteiger partial charge on any atom is 0.214 e. The van der Waals surface area contributed by atoms with E-state index < -0.39 is 0 Å². The van der Waals surface area contributed by atoms with Gasteiger partial charge in [-0.25, -0.2) is 4.98 Å². The van der Waals surface area contributed by atoms with Gasteiger partial charge in [-0.15, -0.1) is 0 Å². The monoisotopic (exact) mass is 328 g/mol. The summed E-state index contributed by atoms with van der Waals surface area (Å²) < 4.78 is 17.5. The molecule has 0 radical (unpaired) electrons. The number of aryl methyl sites for hydroxylation is 1. The van der Waals surface area contributed by atoms with Gasteiger partial charge in [0.05, 0.1) is 14.2 Å². The van der Waals surface area contributed by atoms with E-state index in [2.05, 4.69) is 11.8 Å². The molecule has 1 unspecified atom stereocenters. The van der Waals surface area contributed by atoms with Gasteiger partial charge in [-0.05, 0) is 44.0 Å². The fraction of sp³-hybridized carbons (Fsp3) is 0.526. The number of nitrogens with zero attached hydrogens (tertiary/aromatic N) is 2. The number of benzene rings is 1. The van der Waals surface area contributed by atoms with Crippen molar-refractivity contribution >= 4 is 10.9 Å². The van der Waals surface area contributed by atoms with Crippen LogP contribution in [0.3, 0.4) is 0 Å². The molecule has 2 aliphatic heterocycles. The molecule has 2 aliphatic rings. The second-order valence-electron chi connectivity index (χ2n) is 6.89. The average Bonchev–Trinajstić information content (AvgIpc) is 2.87. The minimum Gasteiger partial charge on any atom is -0.496 e. The number of ether oxygens (including phenoxy) is 3. The zero-order chi connectivity index (χ0) is 16.7. The summed E-state index contributed by atoms with van der Waals surface area (Å²) in [7, 11) is 3.35. The van der Waals surface area contributed by atoms with E-state index in [4.69, 9.17) is 19.2 Å². The van der Waals surface area contributed by atoms with Gasteiger partial charge in [-0.3, -0.25) is 4.90 Å². The van der Waals surface area contributed by atoms with E-state index in [1.807, 2.05) is 18.2 Å². The Hall–Kier alpha value is -2.01. The van der Waals surface area contributed by atoms with Crippen LogP contribution in [0.25, 0.3) is 10.9 Å². The molecule has 1 aromatic carbocycles. The third kappa shape index (κ3) is 2.47. The number of pyridine rings is 1. The summed E-state index contributed by atoms with van der Waals surface area (Å²) in [5.74, 6) is 2.24. The molecule has 0 spiro atoms. The minimum atomic E-state index is -0.0720. The fourth-order valence-electron chi connectivity index (χ4n) is 4.14. The van der Waals surface area contributed by atoms with Crippen molar-refractivity contribution in [1.29, 1.82) is 0 Å². The van der Waals surface area contributed by atoms with E-state index in [9.17, 15) is 0 Å². The van der Waals surface area contributed by atoms with Gasteiger partial charge in [0, 0.05) is 31.0 Å². The standard InChI is InChI=1S/C19H24N2O3/c1-13-11-16(24-19-7-4-9-21(12-19)10-8-19)20-18-15(23-3)6-5-14(22-2)17(13)18/h5-6,11H,4,7-10,12H2,1-3H3/t19-/m1/s1. The molecule has 5 heteroatoms. The number of piperidine rings is 1. The minimum absolute atomic E-state index is 0.0720. The predicted molar refractivity (Wildman–Crippen MR) is 93.2 cm³/mol. The third-order valence-electron chi connectivity index (χ3n) is 5.32. The van der Waals surface area contributed by atoms with Crippen LogP contribution in [-0.2, 0) is 0 Å². The highest BCUT2D eigenvalue weighted by atomic mass is 16.5. The van der Waals surface area contributed by atoms with E-state index in [1.54, 1.807) is 14.2 Å². The molecule has 2 atom stereocenters. The van der Waals surface area contributed by atoms with E-state index in [0.29, 0.717) is 5.88 Å². The first-order valence-electron chi connectivity index (χ1n) is 8.58. The second kappa shape index (κ2) is 5.81. The molecule has 2 bridgehead atoms. The largest absolute Gasteiger partial charge is 0.496 e. The van der Waals surface area contributed by atoms with Crippen LogP contribution in [-0.4, -0.2) is 49.3 Å². The smallest absolute Gasteiger partial charge is 0.214 e. The molecule has 5 nitrogen and oxygen atoms in total. The molecule has 0 amide bonds. The number of methoxy groups -OCH3 is 2. The van der Waals surface area contributed by atoms with Gasteiger partial charge in [0.25, 0.3) is 0 Å². The molecular weight excluding hydrogens is 304 g/mol. The van der Waals surface area contributed by atoms with Gasteiger partial charge in [0.1, 0.15) is 22.6 Å². The molecule has 0 aliphatic carbocycles. The van der Waals surface area contributed by atoms with Crippen LogP contribution in [0.1, 0.15) is 24.8 Å². The van der Waals surface area contributed by atoms with Crippen molar-refractivity contribution in [3.63, 3.8) is 0 Å². The Morgan fingerprint density at radius 3 is 2.67 bits per heavy atom. The molecule has 0 N–H and O–H groups in total. The number of hydrogen-bond donors (Lipinski definition) is 0. The van der Waals surface area contributed by atoms with Gasteiger partial charge in [-0.1, -0.05) is 0 Å². The highest BCUT2D eigenvalue weighted by molar-refractivity contribution is 5.93. The summed E-state index contributed by atoms with van der Waals surface area (Å²) in [6.07, 6.45) is 3.39. The highest BCUT2D eigenvalue weighted by Crippen LogP contribution is 2.39. The normalized spacial score (nSPS) is 25.7. The number of fused-ring (bicyclic) bond motifs is 3. The van der Waals surface area contributed by atoms with E-state index in [1.165, 1.54) is 13.0 Å². The summed E-state index contributed by atoms with van der Waals surface area (Å²) in [5, 5.41) is 0.985. The molecular formula is C19H24N2O3. The average molecular weight is 328 g/mol. The summed E-state index contributed by atoms with van der Waals surface area (Å²) >= 11 is 0. The predicted octanol–water partition coefficient (Wildman–Crippen LogP) is 3.18. The van der Waals surface area contributed by atoms with Crippen LogP contribution in [0.5, 0.6) is 17.4 Å².